The van der Waals surface area contributed by atoms with Crippen LogP contribution in [-0.4, -0.2) is 16.2 Å². The third-order valence-corrected chi connectivity index (χ3v) is 1.97. The highest BCUT2D eigenvalue weighted by atomic mass is 19.4. The minimum atomic E-state index is -4.50. The van der Waals surface area contributed by atoms with Crippen molar-refractivity contribution in [1.29, 1.82) is 0 Å². The molecule has 0 aliphatic rings. The Labute approximate surface area is 89.1 Å². The fraction of sp³-hybridized carbons (Fsp3) is 0.300. The molecular formula is C10H9F3O3. The summed E-state index contributed by atoms with van der Waals surface area (Å²) >= 11 is 0. The molecule has 3 nitrogen and oxygen atoms in total. The molecule has 0 radical (unpaired) electrons. The van der Waals surface area contributed by atoms with Gasteiger partial charge in [0.2, 0.25) is 0 Å². The predicted molar refractivity (Wildman–Crippen MR) is 48.7 cm³/mol. The number of aliphatic carboxylic acids is 1. The number of halogens is 3. The standard InChI is InChI=1S/C10H9F3O3/c11-10(12,13)7-3-1-2-6(4-7)8(14)5-9(15)16/h1-4,8,14H,5H2,(H,15,16)/t8-/m0/s1. The zero-order chi connectivity index (χ0) is 12.3. The molecule has 0 amide bonds. The molecule has 88 valence electrons. The van der Waals surface area contributed by atoms with Gasteiger partial charge in [0, 0.05) is 0 Å². The van der Waals surface area contributed by atoms with E-state index >= 15 is 0 Å². The van der Waals surface area contributed by atoms with Crippen molar-refractivity contribution in [2.45, 2.75) is 18.7 Å². The fourth-order valence-electron chi connectivity index (χ4n) is 1.21. The summed E-state index contributed by atoms with van der Waals surface area (Å²) in [5, 5.41) is 17.7. The van der Waals surface area contributed by atoms with E-state index in [0.717, 1.165) is 18.2 Å². The minimum Gasteiger partial charge on any atom is -0.481 e. The van der Waals surface area contributed by atoms with E-state index in [1.165, 1.54) is 6.07 Å². The van der Waals surface area contributed by atoms with E-state index in [1.807, 2.05) is 0 Å². The van der Waals surface area contributed by atoms with Gasteiger partial charge in [0.25, 0.3) is 0 Å². The molecule has 0 aliphatic carbocycles. The van der Waals surface area contributed by atoms with Crippen molar-refractivity contribution in [3.05, 3.63) is 35.4 Å². The van der Waals surface area contributed by atoms with Crippen LogP contribution in [0.3, 0.4) is 0 Å². The van der Waals surface area contributed by atoms with Crippen LogP contribution in [0.2, 0.25) is 0 Å². The maximum Gasteiger partial charge on any atom is 0.416 e. The van der Waals surface area contributed by atoms with Crippen LogP contribution in [0.4, 0.5) is 13.2 Å². The molecule has 0 saturated carbocycles. The van der Waals surface area contributed by atoms with Crippen LogP contribution < -0.4 is 0 Å². The molecule has 1 atom stereocenters. The lowest BCUT2D eigenvalue weighted by molar-refractivity contribution is -0.139. The van der Waals surface area contributed by atoms with Crippen molar-refractivity contribution in [1.82, 2.24) is 0 Å². The van der Waals surface area contributed by atoms with Crippen LogP contribution in [0.1, 0.15) is 23.7 Å². The first kappa shape index (κ1) is 12.5. The molecule has 0 aliphatic heterocycles. The van der Waals surface area contributed by atoms with Crippen LogP contribution in [0.15, 0.2) is 24.3 Å². The summed E-state index contributed by atoms with van der Waals surface area (Å²) in [5.41, 5.74) is -0.966. The average molecular weight is 234 g/mol. The van der Waals surface area contributed by atoms with E-state index in [2.05, 4.69) is 0 Å². The Balaban J connectivity index is 2.94. The topological polar surface area (TPSA) is 57.5 Å². The second kappa shape index (κ2) is 4.52. The van der Waals surface area contributed by atoms with E-state index in [-0.39, 0.29) is 5.56 Å². The zero-order valence-corrected chi connectivity index (χ0v) is 8.03. The lowest BCUT2D eigenvalue weighted by Crippen LogP contribution is -2.09. The largest absolute Gasteiger partial charge is 0.481 e. The lowest BCUT2D eigenvalue weighted by Gasteiger charge is -2.11. The average Bonchev–Trinajstić information content (AvgIpc) is 2.15. The lowest BCUT2D eigenvalue weighted by atomic mass is 10.0. The SMILES string of the molecule is O=C(O)C[C@H](O)c1cccc(C(F)(F)F)c1. The van der Waals surface area contributed by atoms with E-state index in [9.17, 15) is 23.1 Å². The van der Waals surface area contributed by atoms with Gasteiger partial charge >= 0.3 is 12.1 Å². The van der Waals surface area contributed by atoms with Crippen LogP contribution in [0, 0.1) is 0 Å². The normalized spacial score (nSPS) is 13.5. The summed E-state index contributed by atoms with van der Waals surface area (Å²) in [7, 11) is 0. The second-order valence-electron chi connectivity index (χ2n) is 3.24. The summed E-state index contributed by atoms with van der Waals surface area (Å²) in [6.07, 6.45) is -6.56. The van der Waals surface area contributed by atoms with Gasteiger partial charge in [-0.15, -0.1) is 0 Å². The molecule has 0 saturated heterocycles. The number of hydrogen-bond donors (Lipinski definition) is 2. The van der Waals surface area contributed by atoms with Crippen molar-refractivity contribution in [3.63, 3.8) is 0 Å². The molecule has 0 fully saturated rings. The third-order valence-electron chi connectivity index (χ3n) is 1.97. The monoisotopic (exact) mass is 234 g/mol. The van der Waals surface area contributed by atoms with Gasteiger partial charge in [-0.2, -0.15) is 13.2 Å². The Morgan fingerprint density at radius 2 is 2.00 bits per heavy atom. The fourth-order valence-corrected chi connectivity index (χ4v) is 1.21. The van der Waals surface area contributed by atoms with Crippen LogP contribution >= 0.6 is 0 Å². The Morgan fingerprint density at radius 3 is 2.50 bits per heavy atom. The first-order valence-electron chi connectivity index (χ1n) is 4.37. The number of alkyl halides is 3. The number of aliphatic hydroxyl groups is 1. The van der Waals surface area contributed by atoms with Gasteiger partial charge in [0.15, 0.2) is 0 Å². The maximum absolute atomic E-state index is 12.3. The van der Waals surface area contributed by atoms with Gasteiger partial charge < -0.3 is 10.2 Å². The Kier molecular flexibility index (Phi) is 3.54. The number of hydrogen-bond acceptors (Lipinski definition) is 2. The molecule has 1 aromatic rings. The maximum atomic E-state index is 12.3. The van der Waals surface area contributed by atoms with E-state index < -0.39 is 30.2 Å². The zero-order valence-electron chi connectivity index (χ0n) is 8.03. The molecule has 16 heavy (non-hydrogen) atoms. The predicted octanol–water partition coefficient (Wildman–Crippen LogP) is 2.21. The molecular weight excluding hydrogens is 225 g/mol. The molecule has 1 rings (SSSR count). The van der Waals surface area contributed by atoms with Crippen LogP contribution in [0.25, 0.3) is 0 Å². The van der Waals surface area contributed by atoms with Gasteiger partial charge in [0.1, 0.15) is 0 Å². The number of carboxylic acids is 1. The van der Waals surface area contributed by atoms with Gasteiger partial charge in [-0.25, -0.2) is 0 Å². The highest BCUT2D eigenvalue weighted by Crippen LogP contribution is 2.31. The highest BCUT2D eigenvalue weighted by Gasteiger charge is 2.30. The third kappa shape index (κ3) is 3.23. The molecule has 1 aromatic carbocycles. The Morgan fingerprint density at radius 1 is 1.38 bits per heavy atom. The van der Waals surface area contributed by atoms with Crippen molar-refractivity contribution in [2.24, 2.45) is 0 Å². The summed E-state index contributed by atoms with van der Waals surface area (Å²) in [5.74, 6) is -1.27. The van der Waals surface area contributed by atoms with E-state index in [4.69, 9.17) is 5.11 Å². The smallest absolute Gasteiger partial charge is 0.416 e. The molecule has 2 N–H and O–H groups in total. The number of aliphatic hydroxyl groups excluding tert-OH is 1. The summed E-state index contributed by atoms with van der Waals surface area (Å²) in [4.78, 5) is 10.3. The summed E-state index contributed by atoms with van der Waals surface area (Å²) in [6, 6.07) is 3.98. The Bertz CT molecular complexity index is 387. The summed E-state index contributed by atoms with van der Waals surface area (Å²) < 4.78 is 36.9. The van der Waals surface area contributed by atoms with Crippen molar-refractivity contribution < 1.29 is 28.2 Å². The van der Waals surface area contributed by atoms with Crippen molar-refractivity contribution in [3.8, 4) is 0 Å². The summed E-state index contributed by atoms with van der Waals surface area (Å²) in [6.45, 7) is 0. The van der Waals surface area contributed by atoms with Gasteiger partial charge in [-0.3, -0.25) is 4.79 Å². The molecule has 0 bridgehead atoms. The number of benzene rings is 1. The van der Waals surface area contributed by atoms with Gasteiger partial charge in [-0.05, 0) is 17.7 Å². The molecule has 0 unspecified atom stereocenters. The first-order chi connectivity index (χ1) is 7.30. The van der Waals surface area contributed by atoms with Gasteiger partial charge in [-0.1, -0.05) is 12.1 Å². The van der Waals surface area contributed by atoms with Gasteiger partial charge in [0.05, 0.1) is 18.1 Å². The number of rotatable bonds is 3. The van der Waals surface area contributed by atoms with E-state index in [1.54, 1.807) is 0 Å². The van der Waals surface area contributed by atoms with Crippen LogP contribution in [-0.2, 0) is 11.0 Å². The van der Waals surface area contributed by atoms with Crippen molar-refractivity contribution in [2.75, 3.05) is 0 Å². The van der Waals surface area contributed by atoms with Crippen LogP contribution in [0.5, 0.6) is 0 Å². The number of carboxylic acid groups (broad SMARTS) is 1. The number of carbonyl (C=O) groups is 1. The first-order valence-corrected chi connectivity index (χ1v) is 4.37. The van der Waals surface area contributed by atoms with Crippen molar-refractivity contribution >= 4 is 5.97 Å². The molecule has 0 heterocycles. The van der Waals surface area contributed by atoms with E-state index in [0.29, 0.717) is 0 Å². The molecule has 0 aromatic heterocycles. The highest BCUT2D eigenvalue weighted by molar-refractivity contribution is 5.67. The second-order valence-corrected chi connectivity index (χ2v) is 3.24. The quantitative estimate of drug-likeness (QED) is 0.842. The Hall–Kier alpha value is -1.56. The molecule has 0 spiro atoms. The minimum absolute atomic E-state index is 0.0581. The molecule has 6 heteroatoms.